The lowest BCUT2D eigenvalue weighted by Crippen LogP contribution is -2.34. The standard InChI is InChI=1S/C19H21F2N3O/c20-15-2-1-3-16(21)19(15)24-17(14(9-23-24)11-4-5-11)10-25-18-7-13-6-12(18)8-22-13/h1-3,9,11-13,18,22H,4-8,10H2/t12-,13-,18+/m0/s1. The summed E-state index contributed by atoms with van der Waals surface area (Å²) in [7, 11) is 0. The van der Waals surface area contributed by atoms with Crippen molar-refractivity contribution >= 4 is 0 Å². The average molecular weight is 345 g/mol. The fourth-order valence-corrected chi connectivity index (χ4v) is 4.33. The minimum absolute atomic E-state index is 0.109. The highest BCUT2D eigenvalue weighted by atomic mass is 19.1. The van der Waals surface area contributed by atoms with Crippen LogP contribution in [0.25, 0.3) is 5.69 Å². The smallest absolute Gasteiger partial charge is 0.151 e. The van der Waals surface area contributed by atoms with E-state index < -0.39 is 11.6 Å². The molecular formula is C19H21F2N3O. The molecule has 0 spiro atoms. The van der Waals surface area contributed by atoms with Crippen LogP contribution >= 0.6 is 0 Å². The van der Waals surface area contributed by atoms with Crippen LogP contribution in [0.15, 0.2) is 24.4 Å². The summed E-state index contributed by atoms with van der Waals surface area (Å²) in [5, 5.41) is 7.78. The van der Waals surface area contributed by atoms with E-state index in [1.807, 2.05) is 0 Å². The topological polar surface area (TPSA) is 39.1 Å². The third-order valence-electron chi connectivity index (χ3n) is 5.80. The molecule has 1 aromatic heterocycles. The van der Waals surface area contributed by atoms with Crippen molar-refractivity contribution in [2.75, 3.05) is 6.54 Å². The van der Waals surface area contributed by atoms with Crippen LogP contribution in [0.3, 0.4) is 0 Å². The Kier molecular flexibility index (Phi) is 3.64. The first-order valence-electron chi connectivity index (χ1n) is 9.07. The van der Waals surface area contributed by atoms with Crippen molar-refractivity contribution in [3.8, 4) is 5.69 Å². The summed E-state index contributed by atoms with van der Waals surface area (Å²) in [6, 6.07) is 4.47. The van der Waals surface area contributed by atoms with Crippen LogP contribution in [0.1, 0.15) is 42.9 Å². The summed E-state index contributed by atoms with van der Waals surface area (Å²) in [5.41, 5.74) is 1.76. The van der Waals surface area contributed by atoms with E-state index in [4.69, 9.17) is 4.74 Å². The Morgan fingerprint density at radius 2 is 2.00 bits per heavy atom. The lowest BCUT2D eigenvalue weighted by molar-refractivity contribution is 0.00680. The van der Waals surface area contributed by atoms with Gasteiger partial charge in [-0.05, 0) is 55.2 Å². The van der Waals surface area contributed by atoms with Crippen molar-refractivity contribution in [1.29, 1.82) is 0 Å². The molecule has 1 aliphatic heterocycles. The number of aromatic nitrogens is 2. The van der Waals surface area contributed by atoms with Gasteiger partial charge < -0.3 is 10.1 Å². The minimum Gasteiger partial charge on any atom is -0.372 e. The number of nitrogens with zero attached hydrogens (tertiary/aromatic N) is 2. The second-order valence-corrected chi connectivity index (χ2v) is 7.49. The molecule has 0 unspecified atom stereocenters. The highest BCUT2D eigenvalue weighted by Gasteiger charge is 2.40. The van der Waals surface area contributed by atoms with Crippen LogP contribution in [0, 0.1) is 17.6 Å². The zero-order valence-electron chi connectivity index (χ0n) is 13.9. The summed E-state index contributed by atoms with van der Waals surface area (Å²) in [4.78, 5) is 0. The Bertz CT molecular complexity index is 782. The summed E-state index contributed by atoms with van der Waals surface area (Å²) in [6.45, 7) is 1.36. The monoisotopic (exact) mass is 345 g/mol. The van der Waals surface area contributed by atoms with Gasteiger partial charge in [-0.25, -0.2) is 13.5 Å². The molecule has 1 aromatic carbocycles. The lowest BCUT2D eigenvalue weighted by Gasteiger charge is -2.23. The molecule has 5 rings (SSSR count). The average Bonchev–Trinajstić information content (AvgIpc) is 3.03. The molecule has 6 heteroatoms. The molecule has 2 aliphatic carbocycles. The lowest BCUT2D eigenvalue weighted by atomic mass is 10.1. The number of benzene rings is 1. The third kappa shape index (κ3) is 2.68. The van der Waals surface area contributed by atoms with Gasteiger partial charge in [-0.3, -0.25) is 0 Å². The van der Waals surface area contributed by atoms with Crippen LogP contribution in [0.4, 0.5) is 8.78 Å². The molecule has 1 N–H and O–H groups in total. The van der Waals surface area contributed by atoms with E-state index in [1.54, 1.807) is 6.20 Å². The van der Waals surface area contributed by atoms with Crippen molar-refractivity contribution < 1.29 is 13.5 Å². The first kappa shape index (κ1) is 15.5. The second-order valence-electron chi connectivity index (χ2n) is 7.49. The molecule has 3 aliphatic rings. The quantitative estimate of drug-likeness (QED) is 0.904. The summed E-state index contributed by atoms with van der Waals surface area (Å²) in [5.74, 6) is -0.202. The van der Waals surface area contributed by atoms with Crippen LogP contribution in [0.2, 0.25) is 0 Å². The number of para-hydroxylation sites is 1. The molecule has 132 valence electrons. The van der Waals surface area contributed by atoms with Gasteiger partial charge in [0, 0.05) is 12.6 Å². The molecule has 3 fully saturated rings. The molecule has 1 saturated heterocycles. The zero-order chi connectivity index (χ0) is 17.0. The molecule has 2 bridgehead atoms. The molecular weight excluding hydrogens is 324 g/mol. The number of piperidine rings is 1. The van der Waals surface area contributed by atoms with E-state index in [0.29, 0.717) is 24.5 Å². The highest BCUT2D eigenvalue weighted by molar-refractivity contribution is 5.39. The summed E-state index contributed by atoms with van der Waals surface area (Å²) in [6.07, 6.45) is 6.39. The first-order valence-corrected chi connectivity index (χ1v) is 9.07. The van der Waals surface area contributed by atoms with Gasteiger partial charge in [0.2, 0.25) is 0 Å². The third-order valence-corrected chi connectivity index (χ3v) is 5.80. The maximum absolute atomic E-state index is 14.3. The van der Waals surface area contributed by atoms with Crippen molar-refractivity contribution in [2.45, 2.75) is 50.4 Å². The van der Waals surface area contributed by atoms with Crippen molar-refractivity contribution in [3.63, 3.8) is 0 Å². The van der Waals surface area contributed by atoms with E-state index in [9.17, 15) is 8.78 Å². The van der Waals surface area contributed by atoms with E-state index in [2.05, 4.69) is 10.4 Å². The normalized spacial score (nSPS) is 28.0. The van der Waals surface area contributed by atoms with Gasteiger partial charge in [0.15, 0.2) is 11.6 Å². The van der Waals surface area contributed by atoms with Gasteiger partial charge >= 0.3 is 0 Å². The maximum atomic E-state index is 14.3. The van der Waals surface area contributed by atoms with Crippen LogP contribution < -0.4 is 5.32 Å². The molecule has 0 amide bonds. The number of ether oxygens (including phenoxy) is 1. The van der Waals surface area contributed by atoms with Crippen LogP contribution in [0.5, 0.6) is 0 Å². The fraction of sp³-hybridized carbons (Fsp3) is 0.526. The predicted molar refractivity (Wildman–Crippen MR) is 88.5 cm³/mol. The zero-order valence-corrected chi connectivity index (χ0v) is 13.9. The number of rotatable bonds is 5. The number of hydrogen-bond donors (Lipinski definition) is 1. The van der Waals surface area contributed by atoms with Gasteiger partial charge in [0.25, 0.3) is 0 Å². The maximum Gasteiger partial charge on any atom is 0.151 e. The van der Waals surface area contributed by atoms with Gasteiger partial charge in [0.1, 0.15) is 5.69 Å². The SMILES string of the molecule is Fc1cccc(F)c1-n1ncc(C2CC2)c1CO[C@@H]1C[C@@H]2C[C@H]1CN2. The van der Waals surface area contributed by atoms with E-state index in [0.717, 1.165) is 37.1 Å². The minimum atomic E-state index is -0.601. The number of nitrogens with one attached hydrogen (secondary N) is 1. The van der Waals surface area contributed by atoms with Crippen molar-refractivity contribution in [3.05, 3.63) is 47.3 Å². The van der Waals surface area contributed by atoms with Gasteiger partial charge in [-0.2, -0.15) is 5.10 Å². The van der Waals surface area contributed by atoms with Gasteiger partial charge in [-0.1, -0.05) is 6.07 Å². The Hall–Kier alpha value is -1.79. The molecule has 2 aromatic rings. The second kappa shape index (κ2) is 5.88. The number of fused-ring (bicyclic) bond motifs is 2. The summed E-state index contributed by atoms with van der Waals surface area (Å²) < 4.78 is 36.1. The predicted octanol–water partition coefficient (Wildman–Crippen LogP) is 3.29. The Morgan fingerprint density at radius 3 is 2.64 bits per heavy atom. The number of halogens is 2. The van der Waals surface area contributed by atoms with E-state index in [-0.39, 0.29) is 11.8 Å². The first-order chi connectivity index (χ1) is 12.2. The van der Waals surface area contributed by atoms with Crippen molar-refractivity contribution in [1.82, 2.24) is 15.1 Å². The largest absolute Gasteiger partial charge is 0.372 e. The molecule has 2 saturated carbocycles. The summed E-state index contributed by atoms with van der Waals surface area (Å²) >= 11 is 0. The van der Waals surface area contributed by atoms with Gasteiger partial charge in [-0.15, -0.1) is 0 Å². The molecule has 0 radical (unpaired) electrons. The molecule has 4 nitrogen and oxygen atoms in total. The number of hydrogen-bond acceptors (Lipinski definition) is 3. The Labute approximate surface area is 145 Å². The van der Waals surface area contributed by atoms with E-state index >= 15 is 0 Å². The Balaban J connectivity index is 1.46. The Morgan fingerprint density at radius 1 is 1.20 bits per heavy atom. The fourth-order valence-electron chi connectivity index (χ4n) is 4.33. The molecule has 2 heterocycles. The van der Waals surface area contributed by atoms with Crippen LogP contribution in [-0.2, 0) is 11.3 Å². The molecule has 25 heavy (non-hydrogen) atoms. The highest BCUT2D eigenvalue weighted by Crippen LogP contribution is 2.43. The van der Waals surface area contributed by atoms with Gasteiger partial charge in [0.05, 0.1) is 24.6 Å². The molecule has 3 atom stereocenters. The van der Waals surface area contributed by atoms with Crippen LogP contribution in [-0.4, -0.2) is 28.5 Å². The van der Waals surface area contributed by atoms with E-state index in [1.165, 1.54) is 29.3 Å². The van der Waals surface area contributed by atoms with Crippen molar-refractivity contribution in [2.24, 2.45) is 5.92 Å².